The molecule has 0 aliphatic carbocycles. The maximum absolute atomic E-state index is 12.8. The van der Waals surface area contributed by atoms with Crippen LogP contribution in [-0.2, 0) is 4.79 Å². The van der Waals surface area contributed by atoms with E-state index in [-0.39, 0.29) is 22.4 Å². The van der Waals surface area contributed by atoms with Crippen LogP contribution in [0.2, 0.25) is 5.02 Å². The van der Waals surface area contributed by atoms with Gasteiger partial charge in [-0.1, -0.05) is 25.4 Å². The summed E-state index contributed by atoms with van der Waals surface area (Å²) < 4.78 is 35.6. The number of alkyl halides is 2. The first-order valence-electron chi connectivity index (χ1n) is 5.72. The molecule has 0 radical (unpaired) electrons. The first-order chi connectivity index (χ1) is 8.70. The minimum Gasteiger partial charge on any atom is -0.489 e. The number of esters is 1. The number of halogens is 3. The molecule has 0 unspecified atom stereocenters. The molecule has 0 spiro atoms. The van der Waals surface area contributed by atoms with Gasteiger partial charge in [-0.3, -0.25) is 0 Å². The Morgan fingerprint density at radius 3 is 2.53 bits per heavy atom. The Labute approximate surface area is 115 Å². The molecule has 0 bridgehead atoms. The van der Waals surface area contributed by atoms with Crippen LogP contribution in [0.5, 0.6) is 11.5 Å². The van der Waals surface area contributed by atoms with Gasteiger partial charge in [0, 0.05) is 18.0 Å². The lowest BCUT2D eigenvalue weighted by atomic mass is 10.2. The van der Waals surface area contributed by atoms with Crippen LogP contribution in [0.3, 0.4) is 0 Å². The quantitative estimate of drug-likeness (QED) is 0.609. The highest BCUT2D eigenvalue weighted by Crippen LogP contribution is 2.32. The molecule has 0 saturated heterocycles. The van der Waals surface area contributed by atoms with Crippen LogP contribution in [0, 0.1) is 5.92 Å². The molecule has 19 heavy (non-hydrogen) atoms. The van der Waals surface area contributed by atoms with Crippen molar-refractivity contribution in [2.75, 3.05) is 6.61 Å². The van der Waals surface area contributed by atoms with Crippen molar-refractivity contribution < 1.29 is 23.0 Å². The van der Waals surface area contributed by atoms with E-state index in [1.807, 2.05) is 13.8 Å². The molecule has 3 nitrogen and oxygen atoms in total. The standard InChI is InChI=1S/C13H15ClF2O3/c1-8(2)7-18-10-5-4-9(14)6-11(10)19-12(17)13(3,15)16/h4-6,8H,7H2,1-3H3. The number of benzene rings is 1. The summed E-state index contributed by atoms with van der Waals surface area (Å²) in [5.74, 6) is -4.89. The van der Waals surface area contributed by atoms with Gasteiger partial charge in [0.15, 0.2) is 11.5 Å². The van der Waals surface area contributed by atoms with E-state index >= 15 is 0 Å². The Morgan fingerprint density at radius 1 is 1.37 bits per heavy atom. The first-order valence-corrected chi connectivity index (χ1v) is 6.10. The van der Waals surface area contributed by atoms with Gasteiger partial charge in [0.2, 0.25) is 0 Å². The Kier molecular flexibility index (Phi) is 5.11. The molecule has 0 aliphatic heterocycles. The lowest BCUT2D eigenvalue weighted by molar-refractivity contribution is -0.158. The lowest BCUT2D eigenvalue weighted by Gasteiger charge is -2.15. The van der Waals surface area contributed by atoms with Gasteiger partial charge in [0.05, 0.1) is 6.61 Å². The second-order valence-electron chi connectivity index (χ2n) is 4.57. The summed E-state index contributed by atoms with van der Waals surface area (Å²) in [7, 11) is 0. The third-order valence-electron chi connectivity index (χ3n) is 2.04. The lowest BCUT2D eigenvalue weighted by Crippen LogP contribution is -2.29. The van der Waals surface area contributed by atoms with Crippen LogP contribution < -0.4 is 9.47 Å². The van der Waals surface area contributed by atoms with Crippen LogP contribution >= 0.6 is 11.6 Å². The molecule has 0 fully saturated rings. The highest BCUT2D eigenvalue weighted by molar-refractivity contribution is 6.30. The summed E-state index contributed by atoms with van der Waals surface area (Å²) in [6.45, 7) is 4.70. The summed E-state index contributed by atoms with van der Waals surface area (Å²) >= 11 is 5.74. The van der Waals surface area contributed by atoms with Crippen LogP contribution in [0.25, 0.3) is 0 Å². The molecule has 6 heteroatoms. The first kappa shape index (κ1) is 15.7. The fraction of sp³-hybridized carbons (Fsp3) is 0.462. The van der Waals surface area contributed by atoms with Crippen molar-refractivity contribution >= 4 is 17.6 Å². The SMILES string of the molecule is CC(C)COc1ccc(Cl)cc1OC(=O)C(C)(F)F. The highest BCUT2D eigenvalue weighted by Gasteiger charge is 2.35. The van der Waals surface area contributed by atoms with Gasteiger partial charge in [-0.25, -0.2) is 4.79 Å². The highest BCUT2D eigenvalue weighted by atomic mass is 35.5. The van der Waals surface area contributed by atoms with E-state index in [9.17, 15) is 13.6 Å². The Hall–Kier alpha value is -1.36. The maximum atomic E-state index is 12.8. The van der Waals surface area contributed by atoms with E-state index in [1.54, 1.807) is 0 Å². The fourth-order valence-corrected chi connectivity index (χ4v) is 1.29. The Morgan fingerprint density at radius 2 is 2.00 bits per heavy atom. The summed E-state index contributed by atoms with van der Waals surface area (Å²) in [6.07, 6.45) is 0. The van der Waals surface area contributed by atoms with Crippen LogP contribution in [0.4, 0.5) is 8.78 Å². The minimum atomic E-state index is -3.57. The zero-order chi connectivity index (χ0) is 14.6. The predicted octanol–water partition coefficient (Wildman–Crippen LogP) is 3.94. The van der Waals surface area contributed by atoms with E-state index in [2.05, 4.69) is 4.74 Å². The number of carbonyl (C=O) groups excluding carboxylic acids is 1. The minimum absolute atomic E-state index is 0.111. The molecule has 1 aromatic carbocycles. The van der Waals surface area contributed by atoms with Gasteiger partial charge in [0.25, 0.3) is 0 Å². The summed E-state index contributed by atoms with van der Waals surface area (Å²) in [4.78, 5) is 11.2. The van der Waals surface area contributed by atoms with Crippen LogP contribution in [0.1, 0.15) is 20.8 Å². The monoisotopic (exact) mass is 292 g/mol. The summed E-state index contributed by atoms with van der Waals surface area (Å²) in [5.41, 5.74) is 0. The smallest absolute Gasteiger partial charge is 0.382 e. The van der Waals surface area contributed by atoms with Gasteiger partial charge < -0.3 is 9.47 Å². The van der Waals surface area contributed by atoms with Crippen molar-refractivity contribution in [3.05, 3.63) is 23.2 Å². The van der Waals surface area contributed by atoms with Crippen molar-refractivity contribution in [3.8, 4) is 11.5 Å². The van der Waals surface area contributed by atoms with E-state index < -0.39 is 11.9 Å². The topological polar surface area (TPSA) is 35.5 Å². The number of hydrogen-bond acceptors (Lipinski definition) is 3. The normalized spacial score (nSPS) is 11.5. The molecular formula is C13H15ClF2O3. The molecule has 0 amide bonds. The Bertz CT molecular complexity index is 456. The van der Waals surface area contributed by atoms with E-state index in [4.69, 9.17) is 16.3 Å². The molecule has 0 N–H and O–H groups in total. The number of hydrogen-bond donors (Lipinski definition) is 0. The van der Waals surface area contributed by atoms with Crippen LogP contribution in [0.15, 0.2) is 18.2 Å². The van der Waals surface area contributed by atoms with E-state index in [0.29, 0.717) is 13.5 Å². The molecule has 0 aliphatic rings. The third-order valence-corrected chi connectivity index (χ3v) is 2.27. The largest absolute Gasteiger partial charge is 0.489 e. The average Bonchev–Trinajstić information content (AvgIpc) is 2.26. The molecule has 0 heterocycles. The Balaban J connectivity index is 2.91. The van der Waals surface area contributed by atoms with Crippen molar-refractivity contribution in [2.45, 2.75) is 26.7 Å². The summed E-state index contributed by atoms with van der Waals surface area (Å²) in [6, 6.07) is 4.26. The van der Waals surface area contributed by atoms with Crippen molar-refractivity contribution in [1.29, 1.82) is 0 Å². The molecule has 1 aromatic rings. The molecule has 1 rings (SSSR count). The fourth-order valence-electron chi connectivity index (χ4n) is 1.13. The second kappa shape index (κ2) is 6.19. The van der Waals surface area contributed by atoms with Crippen molar-refractivity contribution in [2.24, 2.45) is 5.92 Å². The number of carbonyl (C=O) groups is 1. The van der Waals surface area contributed by atoms with E-state index in [0.717, 1.165) is 0 Å². The molecule has 106 valence electrons. The molecule has 0 saturated carbocycles. The summed E-state index contributed by atoms with van der Waals surface area (Å²) in [5, 5.41) is 0.263. The van der Waals surface area contributed by atoms with Gasteiger partial charge in [-0.2, -0.15) is 8.78 Å². The van der Waals surface area contributed by atoms with Crippen LogP contribution in [-0.4, -0.2) is 18.5 Å². The predicted molar refractivity (Wildman–Crippen MR) is 68.0 cm³/mol. The zero-order valence-corrected chi connectivity index (χ0v) is 11.6. The molecular weight excluding hydrogens is 278 g/mol. The second-order valence-corrected chi connectivity index (χ2v) is 5.01. The molecule has 0 atom stereocenters. The maximum Gasteiger partial charge on any atom is 0.382 e. The number of rotatable bonds is 5. The van der Waals surface area contributed by atoms with Crippen molar-refractivity contribution in [1.82, 2.24) is 0 Å². The third kappa shape index (κ3) is 5.03. The average molecular weight is 293 g/mol. The number of ether oxygens (including phenoxy) is 2. The zero-order valence-electron chi connectivity index (χ0n) is 10.9. The van der Waals surface area contributed by atoms with Crippen molar-refractivity contribution in [3.63, 3.8) is 0 Å². The van der Waals surface area contributed by atoms with E-state index in [1.165, 1.54) is 18.2 Å². The molecule has 0 aromatic heterocycles. The van der Waals surface area contributed by atoms with Gasteiger partial charge in [-0.05, 0) is 18.1 Å². The van der Waals surface area contributed by atoms with Gasteiger partial charge >= 0.3 is 11.9 Å². The van der Waals surface area contributed by atoms with Gasteiger partial charge in [-0.15, -0.1) is 0 Å². The van der Waals surface area contributed by atoms with Gasteiger partial charge in [0.1, 0.15) is 0 Å².